The van der Waals surface area contributed by atoms with Crippen molar-refractivity contribution in [2.75, 3.05) is 64.3 Å². The predicted molar refractivity (Wildman–Crippen MR) is 106 cm³/mol. The van der Waals surface area contributed by atoms with Crippen LogP contribution in [0.1, 0.15) is 36.2 Å². The van der Waals surface area contributed by atoms with E-state index in [4.69, 9.17) is 0 Å². The van der Waals surface area contributed by atoms with Gasteiger partial charge in [-0.3, -0.25) is 9.78 Å². The van der Waals surface area contributed by atoms with Crippen molar-refractivity contribution in [2.24, 2.45) is 11.8 Å². The van der Waals surface area contributed by atoms with Gasteiger partial charge in [0.15, 0.2) is 0 Å². The molecule has 3 aliphatic heterocycles. The summed E-state index contributed by atoms with van der Waals surface area (Å²) >= 11 is 0. The number of carbonyl (C=O) groups is 1. The fourth-order valence-electron chi connectivity index (χ4n) is 4.70. The van der Waals surface area contributed by atoms with Gasteiger partial charge in [-0.15, -0.1) is 0 Å². The first-order valence-corrected chi connectivity index (χ1v) is 10.5. The monoisotopic (exact) mass is 372 g/mol. The third-order valence-corrected chi connectivity index (χ3v) is 6.55. The minimum Gasteiger partial charge on any atom is -0.355 e. The molecule has 7 nitrogen and oxygen atoms in total. The van der Waals surface area contributed by atoms with Crippen LogP contribution in [0.25, 0.3) is 0 Å². The first-order chi connectivity index (χ1) is 13.2. The van der Waals surface area contributed by atoms with Gasteiger partial charge in [-0.05, 0) is 57.7 Å². The molecule has 0 radical (unpaired) electrons. The summed E-state index contributed by atoms with van der Waals surface area (Å²) in [5.74, 6) is 2.59. The van der Waals surface area contributed by atoms with E-state index in [1.807, 2.05) is 11.1 Å². The Balaban J connectivity index is 1.36. The molecular formula is C20H32N6O. The largest absolute Gasteiger partial charge is 0.355 e. The zero-order valence-electron chi connectivity index (χ0n) is 16.4. The lowest BCUT2D eigenvalue weighted by atomic mass is 9.79. The number of carbonyl (C=O) groups excluding carboxylic acids is 1. The van der Waals surface area contributed by atoms with Crippen molar-refractivity contribution in [3.8, 4) is 0 Å². The fraction of sp³-hybridized carbons (Fsp3) is 0.750. The number of hydrogen-bond acceptors (Lipinski definition) is 6. The lowest BCUT2D eigenvalue weighted by molar-refractivity contribution is 0.0658. The lowest BCUT2D eigenvalue weighted by Gasteiger charge is -2.38. The number of nitrogens with zero attached hydrogens (tertiary/aromatic N) is 5. The zero-order valence-corrected chi connectivity index (χ0v) is 16.4. The number of rotatable bonds is 3. The van der Waals surface area contributed by atoms with E-state index in [1.165, 1.54) is 38.8 Å². The number of anilines is 1. The first-order valence-electron chi connectivity index (χ1n) is 10.5. The molecule has 0 bridgehead atoms. The molecule has 1 aromatic heterocycles. The van der Waals surface area contributed by atoms with E-state index in [0.717, 1.165) is 56.9 Å². The molecule has 7 heteroatoms. The second kappa shape index (κ2) is 8.52. The van der Waals surface area contributed by atoms with E-state index in [-0.39, 0.29) is 5.91 Å². The summed E-state index contributed by atoms with van der Waals surface area (Å²) < 4.78 is 0. The van der Waals surface area contributed by atoms with Crippen molar-refractivity contribution >= 4 is 11.7 Å². The van der Waals surface area contributed by atoms with Crippen LogP contribution in [-0.2, 0) is 0 Å². The van der Waals surface area contributed by atoms with Crippen molar-refractivity contribution in [3.63, 3.8) is 0 Å². The van der Waals surface area contributed by atoms with Gasteiger partial charge < -0.3 is 20.0 Å². The number of piperazine rings is 1. The zero-order chi connectivity index (χ0) is 18.6. The summed E-state index contributed by atoms with van der Waals surface area (Å²) in [6.07, 6.45) is 8.52. The highest BCUT2D eigenvalue weighted by atomic mass is 16.2. The molecule has 4 heterocycles. The summed E-state index contributed by atoms with van der Waals surface area (Å²) in [7, 11) is 2.09. The van der Waals surface area contributed by atoms with Crippen molar-refractivity contribution in [1.82, 2.24) is 25.1 Å². The van der Waals surface area contributed by atoms with Gasteiger partial charge in [-0.1, -0.05) is 0 Å². The number of amides is 1. The molecule has 0 aromatic carbocycles. The van der Waals surface area contributed by atoms with Crippen molar-refractivity contribution < 1.29 is 4.79 Å². The van der Waals surface area contributed by atoms with Gasteiger partial charge in [0.25, 0.3) is 5.91 Å². The second-order valence-electron chi connectivity index (χ2n) is 8.27. The van der Waals surface area contributed by atoms with Gasteiger partial charge in [-0.25, -0.2) is 4.98 Å². The van der Waals surface area contributed by atoms with Gasteiger partial charge >= 0.3 is 0 Å². The Labute approximate surface area is 162 Å². The normalized spacial score (nSPS) is 23.6. The van der Waals surface area contributed by atoms with E-state index >= 15 is 0 Å². The van der Waals surface area contributed by atoms with Crippen LogP contribution in [0.4, 0.5) is 5.82 Å². The maximum atomic E-state index is 12.8. The SMILES string of the molecule is CN1CCN(C(=O)c2cncc(N3CCC(C4CCNCC4)CC3)n2)CC1. The molecule has 0 saturated carbocycles. The van der Waals surface area contributed by atoms with Gasteiger partial charge in [0.2, 0.25) is 0 Å². The molecule has 1 N–H and O–H groups in total. The van der Waals surface area contributed by atoms with Crippen molar-refractivity contribution in [3.05, 3.63) is 18.1 Å². The summed E-state index contributed by atoms with van der Waals surface area (Å²) in [6.45, 7) is 7.77. The summed E-state index contributed by atoms with van der Waals surface area (Å²) in [5.41, 5.74) is 0.484. The Morgan fingerprint density at radius 1 is 0.963 bits per heavy atom. The summed E-state index contributed by atoms with van der Waals surface area (Å²) in [4.78, 5) is 28.2. The molecular weight excluding hydrogens is 340 g/mol. The number of aromatic nitrogens is 2. The molecule has 27 heavy (non-hydrogen) atoms. The van der Waals surface area contributed by atoms with Crippen molar-refractivity contribution in [1.29, 1.82) is 0 Å². The highest BCUT2D eigenvalue weighted by molar-refractivity contribution is 5.92. The molecule has 1 amide bonds. The summed E-state index contributed by atoms with van der Waals surface area (Å²) in [6, 6.07) is 0. The average Bonchev–Trinajstić information content (AvgIpc) is 2.75. The Bertz CT molecular complexity index is 631. The first kappa shape index (κ1) is 18.6. The third kappa shape index (κ3) is 4.41. The van der Waals surface area contributed by atoms with Crippen LogP contribution in [0.3, 0.4) is 0 Å². The van der Waals surface area contributed by atoms with Crippen LogP contribution in [0.15, 0.2) is 12.4 Å². The standard InChI is InChI=1S/C20H32N6O/c1-24-10-12-26(13-11-24)20(27)18-14-22-15-19(23-18)25-8-4-17(5-9-25)16-2-6-21-7-3-16/h14-17,21H,2-13H2,1H3. The number of hydrogen-bond donors (Lipinski definition) is 1. The van der Waals surface area contributed by atoms with Gasteiger partial charge in [0.1, 0.15) is 11.5 Å². The molecule has 0 atom stereocenters. The molecule has 1 aromatic rings. The lowest BCUT2D eigenvalue weighted by Crippen LogP contribution is -2.47. The van der Waals surface area contributed by atoms with Crippen LogP contribution in [0, 0.1) is 11.8 Å². The van der Waals surface area contributed by atoms with E-state index < -0.39 is 0 Å². The van der Waals surface area contributed by atoms with Crippen LogP contribution < -0.4 is 10.2 Å². The molecule has 3 saturated heterocycles. The number of likely N-dealkylation sites (N-methyl/N-ethyl adjacent to an activating group) is 1. The molecule has 3 aliphatic rings. The Morgan fingerprint density at radius 3 is 2.33 bits per heavy atom. The fourth-order valence-corrected chi connectivity index (χ4v) is 4.70. The van der Waals surface area contributed by atoms with Crippen LogP contribution in [0.2, 0.25) is 0 Å². The predicted octanol–water partition coefficient (Wildman–Crippen LogP) is 1.08. The maximum absolute atomic E-state index is 12.8. The smallest absolute Gasteiger partial charge is 0.274 e. The quantitative estimate of drug-likeness (QED) is 0.857. The Kier molecular flexibility index (Phi) is 5.88. The van der Waals surface area contributed by atoms with E-state index in [0.29, 0.717) is 5.69 Å². The molecule has 4 rings (SSSR count). The minimum atomic E-state index is 0.0158. The van der Waals surface area contributed by atoms with Gasteiger partial charge in [-0.2, -0.15) is 0 Å². The van der Waals surface area contributed by atoms with Crippen LogP contribution >= 0.6 is 0 Å². The Morgan fingerprint density at radius 2 is 1.63 bits per heavy atom. The third-order valence-electron chi connectivity index (χ3n) is 6.55. The molecule has 0 spiro atoms. The minimum absolute atomic E-state index is 0.0158. The number of piperidine rings is 2. The highest BCUT2D eigenvalue weighted by Crippen LogP contribution is 2.32. The topological polar surface area (TPSA) is 64.6 Å². The van der Waals surface area contributed by atoms with Crippen molar-refractivity contribution in [2.45, 2.75) is 25.7 Å². The molecule has 0 unspecified atom stereocenters. The van der Waals surface area contributed by atoms with E-state index in [9.17, 15) is 4.79 Å². The molecule has 3 fully saturated rings. The van der Waals surface area contributed by atoms with Crippen LogP contribution in [-0.4, -0.2) is 85.1 Å². The Hall–Kier alpha value is -1.73. The number of nitrogens with one attached hydrogen (secondary N) is 1. The van der Waals surface area contributed by atoms with E-state index in [1.54, 1.807) is 6.20 Å². The van der Waals surface area contributed by atoms with Gasteiger partial charge in [0.05, 0.1) is 12.4 Å². The molecule has 148 valence electrons. The van der Waals surface area contributed by atoms with Crippen LogP contribution in [0.5, 0.6) is 0 Å². The maximum Gasteiger partial charge on any atom is 0.274 e. The average molecular weight is 373 g/mol. The molecule has 0 aliphatic carbocycles. The second-order valence-corrected chi connectivity index (χ2v) is 8.27. The van der Waals surface area contributed by atoms with Gasteiger partial charge in [0, 0.05) is 39.3 Å². The highest BCUT2D eigenvalue weighted by Gasteiger charge is 2.28. The van der Waals surface area contributed by atoms with E-state index in [2.05, 4.69) is 32.1 Å². The summed E-state index contributed by atoms with van der Waals surface area (Å²) in [5, 5.41) is 3.47.